The number of anilines is 1. The lowest BCUT2D eigenvalue weighted by atomic mass is 10.1. The van der Waals surface area contributed by atoms with Crippen LogP contribution in [-0.2, 0) is 0 Å². The molecule has 26 heavy (non-hydrogen) atoms. The zero-order valence-electron chi connectivity index (χ0n) is 13.5. The van der Waals surface area contributed by atoms with E-state index in [2.05, 4.69) is 10.5 Å². The van der Waals surface area contributed by atoms with Gasteiger partial charge in [0.1, 0.15) is 11.5 Å². The largest absolute Gasteiger partial charge is 0.455 e. The second-order valence-electron chi connectivity index (χ2n) is 5.33. The summed E-state index contributed by atoms with van der Waals surface area (Å²) in [7, 11) is 0. The summed E-state index contributed by atoms with van der Waals surface area (Å²) in [4.78, 5) is 22.1. The monoisotopic (exact) mass is 350 g/mol. The van der Waals surface area contributed by atoms with E-state index >= 15 is 0 Å². The number of rotatable bonds is 5. The molecule has 8 heteroatoms. The lowest BCUT2D eigenvalue weighted by molar-refractivity contribution is -0.384. The summed E-state index contributed by atoms with van der Waals surface area (Å²) in [6.45, 7) is 0. The predicted molar refractivity (Wildman–Crippen MR) is 96.7 cm³/mol. The van der Waals surface area contributed by atoms with Gasteiger partial charge in [-0.05, 0) is 48.5 Å². The van der Waals surface area contributed by atoms with E-state index in [1.165, 1.54) is 18.3 Å². The first-order valence-corrected chi connectivity index (χ1v) is 7.56. The average molecular weight is 350 g/mol. The van der Waals surface area contributed by atoms with Gasteiger partial charge in [-0.15, -0.1) is 0 Å². The molecule has 1 amide bonds. The average Bonchev–Trinajstić information content (AvgIpc) is 3.11. The number of hydrogen-bond donors (Lipinski definition) is 2. The van der Waals surface area contributed by atoms with Crippen molar-refractivity contribution in [2.45, 2.75) is 0 Å². The number of carbonyl (C=O) groups is 1. The third-order valence-corrected chi connectivity index (χ3v) is 3.52. The molecule has 0 saturated carbocycles. The van der Waals surface area contributed by atoms with E-state index in [4.69, 9.17) is 10.2 Å². The van der Waals surface area contributed by atoms with Crippen LogP contribution in [0.15, 0.2) is 70.2 Å². The first kappa shape index (κ1) is 16.9. The highest BCUT2D eigenvalue weighted by atomic mass is 16.6. The summed E-state index contributed by atoms with van der Waals surface area (Å²) in [6, 6.07) is 15.8. The number of non-ortho nitro benzene ring substituents is 1. The highest BCUT2D eigenvalue weighted by Crippen LogP contribution is 2.23. The molecule has 0 aliphatic carbocycles. The highest BCUT2D eigenvalue weighted by molar-refractivity contribution is 5.95. The molecule has 3 N–H and O–H groups in total. The van der Waals surface area contributed by atoms with Crippen molar-refractivity contribution in [3.05, 3.63) is 82.1 Å². The minimum atomic E-state index is -0.465. The van der Waals surface area contributed by atoms with Gasteiger partial charge < -0.3 is 10.2 Å². The van der Waals surface area contributed by atoms with Gasteiger partial charge in [0.25, 0.3) is 11.6 Å². The Hall–Kier alpha value is -3.94. The van der Waals surface area contributed by atoms with E-state index in [0.29, 0.717) is 28.3 Å². The molecule has 0 radical (unpaired) electrons. The van der Waals surface area contributed by atoms with Gasteiger partial charge in [-0.2, -0.15) is 5.10 Å². The van der Waals surface area contributed by atoms with Gasteiger partial charge in [0.05, 0.1) is 11.1 Å². The maximum Gasteiger partial charge on any atom is 0.271 e. The zero-order valence-corrected chi connectivity index (χ0v) is 13.5. The van der Waals surface area contributed by atoms with Gasteiger partial charge in [-0.1, -0.05) is 0 Å². The van der Waals surface area contributed by atoms with E-state index < -0.39 is 4.92 Å². The standard InChI is InChI=1S/C18H14N4O4/c19-14-5-1-13(2-6-14)18(23)21-20-11-16-9-10-17(26-16)12-3-7-15(8-4-12)22(24)25/h1-11H,19H2,(H,21,23)/b20-11+. The van der Waals surface area contributed by atoms with Crippen molar-refractivity contribution >= 4 is 23.5 Å². The quantitative estimate of drug-likeness (QED) is 0.316. The van der Waals surface area contributed by atoms with Crippen molar-refractivity contribution in [2.24, 2.45) is 5.10 Å². The van der Waals surface area contributed by atoms with Crippen molar-refractivity contribution in [1.29, 1.82) is 0 Å². The summed E-state index contributed by atoms with van der Waals surface area (Å²) in [5.74, 6) is 0.588. The number of nitrogens with one attached hydrogen (secondary N) is 1. The SMILES string of the molecule is Nc1ccc(C(=O)N/N=C/c2ccc(-c3ccc([N+](=O)[O-])cc3)o2)cc1. The Morgan fingerprint density at radius 3 is 2.42 bits per heavy atom. The van der Waals surface area contributed by atoms with Gasteiger partial charge in [0.2, 0.25) is 0 Å². The Balaban J connectivity index is 1.64. The Morgan fingerprint density at radius 1 is 1.08 bits per heavy atom. The second-order valence-corrected chi connectivity index (χ2v) is 5.33. The van der Waals surface area contributed by atoms with Crippen LogP contribution < -0.4 is 11.2 Å². The van der Waals surface area contributed by atoms with Crippen molar-refractivity contribution < 1.29 is 14.1 Å². The van der Waals surface area contributed by atoms with Crippen LogP contribution in [0, 0.1) is 10.1 Å². The van der Waals surface area contributed by atoms with Crippen LogP contribution in [0.4, 0.5) is 11.4 Å². The van der Waals surface area contributed by atoms with Gasteiger partial charge in [-0.25, -0.2) is 5.43 Å². The lowest BCUT2D eigenvalue weighted by Crippen LogP contribution is -2.17. The summed E-state index contributed by atoms with van der Waals surface area (Å²) < 4.78 is 5.59. The fourth-order valence-corrected chi connectivity index (χ4v) is 2.18. The van der Waals surface area contributed by atoms with Gasteiger partial charge in [0, 0.05) is 28.9 Å². The fraction of sp³-hybridized carbons (Fsp3) is 0. The van der Waals surface area contributed by atoms with Crippen molar-refractivity contribution in [3.8, 4) is 11.3 Å². The van der Waals surface area contributed by atoms with Gasteiger partial charge in [-0.3, -0.25) is 14.9 Å². The van der Waals surface area contributed by atoms with E-state index in [0.717, 1.165) is 0 Å². The Labute approximate surface area is 148 Å². The van der Waals surface area contributed by atoms with E-state index in [9.17, 15) is 14.9 Å². The zero-order chi connectivity index (χ0) is 18.5. The maximum absolute atomic E-state index is 11.9. The van der Waals surface area contributed by atoms with Gasteiger partial charge >= 0.3 is 0 Å². The summed E-state index contributed by atoms with van der Waals surface area (Å²) >= 11 is 0. The van der Waals surface area contributed by atoms with Gasteiger partial charge in [0.15, 0.2) is 0 Å². The van der Waals surface area contributed by atoms with E-state index in [1.54, 1.807) is 48.5 Å². The molecule has 0 spiro atoms. The smallest absolute Gasteiger partial charge is 0.271 e. The van der Waals surface area contributed by atoms with Crippen LogP contribution in [0.5, 0.6) is 0 Å². The van der Waals surface area contributed by atoms with Crippen molar-refractivity contribution in [2.75, 3.05) is 5.73 Å². The second kappa shape index (κ2) is 7.31. The third kappa shape index (κ3) is 3.93. The molecule has 0 aliphatic rings. The number of carbonyl (C=O) groups excluding carboxylic acids is 1. The highest BCUT2D eigenvalue weighted by Gasteiger charge is 2.08. The number of amides is 1. The normalized spacial score (nSPS) is 10.8. The van der Waals surface area contributed by atoms with Crippen LogP contribution in [0.25, 0.3) is 11.3 Å². The van der Waals surface area contributed by atoms with Crippen molar-refractivity contribution in [1.82, 2.24) is 5.43 Å². The molecular formula is C18H14N4O4. The molecule has 0 bridgehead atoms. The number of benzene rings is 2. The molecule has 8 nitrogen and oxygen atoms in total. The summed E-state index contributed by atoms with van der Waals surface area (Å²) in [6.07, 6.45) is 1.37. The lowest BCUT2D eigenvalue weighted by Gasteiger charge is -1.99. The van der Waals surface area contributed by atoms with E-state index in [-0.39, 0.29) is 11.6 Å². The number of hydrazone groups is 1. The van der Waals surface area contributed by atoms with E-state index in [1.807, 2.05) is 0 Å². The molecule has 0 saturated heterocycles. The molecule has 0 aliphatic heterocycles. The first-order chi connectivity index (χ1) is 12.5. The Bertz CT molecular complexity index is 960. The minimum Gasteiger partial charge on any atom is -0.455 e. The molecule has 2 aromatic carbocycles. The predicted octanol–water partition coefficient (Wildman–Crippen LogP) is 3.20. The molecular weight excluding hydrogens is 336 g/mol. The number of nitro groups is 1. The molecule has 0 fully saturated rings. The molecule has 1 heterocycles. The number of nitrogen functional groups attached to an aromatic ring is 1. The molecule has 130 valence electrons. The van der Waals surface area contributed by atoms with Crippen LogP contribution in [-0.4, -0.2) is 17.0 Å². The molecule has 3 aromatic rings. The Kier molecular flexibility index (Phi) is 4.75. The number of nitrogens with zero attached hydrogens (tertiary/aromatic N) is 2. The molecule has 3 rings (SSSR count). The molecule has 0 unspecified atom stereocenters. The summed E-state index contributed by atoms with van der Waals surface area (Å²) in [5, 5.41) is 14.5. The number of nitrogens with two attached hydrogens (primary N) is 1. The minimum absolute atomic E-state index is 0.00692. The number of furan rings is 1. The van der Waals surface area contributed by atoms with Crippen LogP contribution >= 0.6 is 0 Å². The van der Waals surface area contributed by atoms with Crippen molar-refractivity contribution in [3.63, 3.8) is 0 Å². The van der Waals surface area contributed by atoms with Crippen LogP contribution in [0.3, 0.4) is 0 Å². The number of nitro benzene ring substituents is 1. The first-order valence-electron chi connectivity index (χ1n) is 7.56. The maximum atomic E-state index is 11.9. The molecule has 1 aromatic heterocycles. The topological polar surface area (TPSA) is 124 Å². The summed E-state index contributed by atoms with van der Waals surface area (Å²) in [5.41, 5.74) is 9.66. The molecule has 0 atom stereocenters. The fourth-order valence-electron chi connectivity index (χ4n) is 2.18. The number of hydrogen-bond acceptors (Lipinski definition) is 6. The van der Waals surface area contributed by atoms with Crippen LogP contribution in [0.2, 0.25) is 0 Å². The van der Waals surface area contributed by atoms with Crippen LogP contribution in [0.1, 0.15) is 16.1 Å². The Morgan fingerprint density at radius 2 is 1.77 bits per heavy atom. The third-order valence-electron chi connectivity index (χ3n) is 3.52.